The van der Waals surface area contributed by atoms with Crippen molar-refractivity contribution in [2.45, 2.75) is 19.8 Å². The summed E-state index contributed by atoms with van der Waals surface area (Å²) in [5, 5.41) is 12.0. The highest BCUT2D eigenvalue weighted by atomic mass is 16.5. The fourth-order valence-corrected chi connectivity index (χ4v) is 2.60. The molecule has 0 aromatic heterocycles. The van der Waals surface area contributed by atoms with Crippen LogP contribution in [0.3, 0.4) is 0 Å². The number of nitrogens with zero attached hydrogens (tertiary/aromatic N) is 2. The molecule has 1 atom stereocenters. The number of ether oxygens (including phenoxy) is 1. The Bertz CT molecular complexity index is 604. The molecule has 0 spiro atoms. The number of nitriles is 1. The molecule has 1 heterocycles. The molecule has 1 N–H and O–H groups in total. The van der Waals surface area contributed by atoms with Gasteiger partial charge in [-0.1, -0.05) is 19.1 Å². The molecular formula is C17H21N3O2. The van der Waals surface area contributed by atoms with Crippen LogP contribution < -0.4 is 10.1 Å². The van der Waals surface area contributed by atoms with Gasteiger partial charge in [-0.3, -0.25) is 4.79 Å². The highest BCUT2D eigenvalue weighted by molar-refractivity contribution is 6.07. The average molecular weight is 299 g/mol. The SMILES string of the molecule is COc1ccccc1NC(=O)/C(C#N)=C\N1CCCC(C)C1. The lowest BCUT2D eigenvalue weighted by molar-refractivity contribution is -0.112. The molecule has 1 amide bonds. The predicted molar refractivity (Wildman–Crippen MR) is 85.3 cm³/mol. The molecule has 0 saturated carbocycles. The van der Waals surface area contributed by atoms with E-state index in [1.807, 2.05) is 12.1 Å². The summed E-state index contributed by atoms with van der Waals surface area (Å²) in [6.45, 7) is 3.95. The number of likely N-dealkylation sites (tertiary alicyclic amines) is 1. The van der Waals surface area contributed by atoms with E-state index >= 15 is 0 Å². The topological polar surface area (TPSA) is 65.4 Å². The molecule has 1 aliphatic heterocycles. The molecule has 22 heavy (non-hydrogen) atoms. The summed E-state index contributed by atoms with van der Waals surface area (Å²) in [4.78, 5) is 14.3. The van der Waals surface area contributed by atoms with Crippen molar-refractivity contribution in [1.82, 2.24) is 4.90 Å². The zero-order chi connectivity index (χ0) is 15.9. The van der Waals surface area contributed by atoms with Gasteiger partial charge in [-0.2, -0.15) is 5.26 Å². The van der Waals surface area contributed by atoms with Gasteiger partial charge in [0.2, 0.25) is 0 Å². The number of hydrogen-bond acceptors (Lipinski definition) is 4. The molecule has 0 bridgehead atoms. The highest BCUT2D eigenvalue weighted by Gasteiger charge is 2.17. The number of methoxy groups -OCH3 is 1. The average Bonchev–Trinajstić information content (AvgIpc) is 2.53. The van der Waals surface area contributed by atoms with Crippen molar-refractivity contribution in [2.24, 2.45) is 5.92 Å². The maximum atomic E-state index is 12.3. The van der Waals surface area contributed by atoms with E-state index in [1.54, 1.807) is 31.5 Å². The molecule has 5 heteroatoms. The molecule has 1 aromatic carbocycles. The van der Waals surface area contributed by atoms with E-state index in [1.165, 1.54) is 6.42 Å². The van der Waals surface area contributed by atoms with Crippen LogP contribution in [-0.4, -0.2) is 31.0 Å². The molecule has 1 aromatic rings. The lowest BCUT2D eigenvalue weighted by atomic mass is 10.0. The van der Waals surface area contributed by atoms with Gasteiger partial charge in [0.15, 0.2) is 0 Å². The van der Waals surface area contributed by atoms with Crippen LogP contribution >= 0.6 is 0 Å². The third-order valence-electron chi connectivity index (χ3n) is 3.72. The van der Waals surface area contributed by atoms with Gasteiger partial charge in [-0.15, -0.1) is 0 Å². The smallest absolute Gasteiger partial charge is 0.267 e. The minimum atomic E-state index is -0.412. The second-order valence-electron chi connectivity index (χ2n) is 5.55. The van der Waals surface area contributed by atoms with Gasteiger partial charge in [-0.05, 0) is 30.9 Å². The quantitative estimate of drug-likeness (QED) is 0.686. The van der Waals surface area contributed by atoms with Gasteiger partial charge < -0.3 is 15.0 Å². The number of hydrogen-bond donors (Lipinski definition) is 1. The van der Waals surface area contributed by atoms with E-state index < -0.39 is 5.91 Å². The number of anilines is 1. The van der Waals surface area contributed by atoms with Gasteiger partial charge in [-0.25, -0.2) is 0 Å². The Balaban J connectivity index is 2.10. The van der Waals surface area contributed by atoms with Crippen LogP contribution in [-0.2, 0) is 4.79 Å². The number of nitrogens with one attached hydrogen (secondary N) is 1. The number of benzene rings is 1. The molecule has 1 aliphatic rings. The third-order valence-corrected chi connectivity index (χ3v) is 3.72. The Morgan fingerprint density at radius 3 is 2.95 bits per heavy atom. The lowest BCUT2D eigenvalue weighted by Gasteiger charge is -2.29. The Morgan fingerprint density at radius 2 is 2.27 bits per heavy atom. The summed E-state index contributed by atoms with van der Waals surface area (Å²) in [7, 11) is 1.54. The van der Waals surface area contributed by atoms with Gasteiger partial charge in [0.25, 0.3) is 5.91 Å². The number of carbonyl (C=O) groups excluding carboxylic acids is 1. The number of carbonyl (C=O) groups is 1. The minimum Gasteiger partial charge on any atom is -0.495 e. The van der Waals surface area contributed by atoms with Crippen LogP contribution in [0.1, 0.15) is 19.8 Å². The van der Waals surface area contributed by atoms with Gasteiger partial charge in [0, 0.05) is 19.3 Å². The van der Waals surface area contributed by atoms with E-state index in [2.05, 4.69) is 17.1 Å². The van der Waals surface area contributed by atoms with E-state index in [-0.39, 0.29) is 5.57 Å². The zero-order valence-electron chi connectivity index (χ0n) is 13.0. The first kappa shape index (κ1) is 15.9. The van der Waals surface area contributed by atoms with E-state index in [9.17, 15) is 10.1 Å². The lowest BCUT2D eigenvalue weighted by Crippen LogP contribution is -2.31. The van der Waals surface area contributed by atoms with Crippen molar-refractivity contribution in [3.8, 4) is 11.8 Å². The number of amides is 1. The molecule has 1 saturated heterocycles. The predicted octanol–water partition coefficient (Wildman–Crippen LogP) is 2.77. The summed E-state index contributed by atoms with van der Waals surface area (Å²) in [6, 6.07) is 9.12. The maximum Gasteiger partial charge on any atom is 0.267 e. The van der Waals surface area contributed by atoms with Gasteiger partial charge in [0.05, 0.1) is 12.8 Å². The largest absolute Gasteiger partial charge is 0.495 e. The Labute approximate surface area is 131 Å². The summed E-state index contributed by atoms with van der Waals surface area (Å²) in [6.07, 6.45) is 3.95. The Morgan fingerprint density at radius 1 is 1.50 bits per heavy atom. The minimum absolute atomic E-state index is 0.111. The monoisotopic (exact) mass is 299 g/mol. The number of rotatable bonds is 4. The van der Waals surface area contributed by atoms with E-state index in [0.717, 1.165) is 19.5 Å². The fraction of sp³-hybridized carbons (Fsp3) is 0.412. The third kappa shape index (κ3) is 4.01. The summed E-state index contributed by atoms with van der Waals surface area (Å²) >= 11 is 0. The first-order chi connectivity index (χ1) is 10.6. The molecular weight excluding hydrogens is 278 g/mol. The normalized spacial score (nSPS) is 18.5. The first-order valence-electron chi connectivity index (χ1n) is 7.44. The van der Waals surface area contributed by atoms with Gasteiger partial charge in [0.1, 0.15) is 17.4 Å². The molecule has 1 unspecified atom stereocenters. The first-order valence-corrected chi connectivity index (χ1v) is 7.44. The van der Waals surface area contributed by atoms with Crippen molar-refractivity contribution in [3.05, 3.63) is 36.0 Å². The second kappa shape index (κ2) is 7.51. The van der Waals surface area contributed by atoms with Crippen molar-refractivity contribution < 1.29 is 9.53 Å². The highest BCUT2D eigenvalue weighted by Crippen LogP contribution is 2.23. The van der Waals surface area contributed by atoms with Crippen molar-refractivity contribution >= 4 is 11.6 Å². The summed E-state index contributed by atoms with van der Waals surface area (Å²) in [5.74, 6) is 0.743. The van der Waals surface area contributed by atoms with E-state index in [0.29, 0.717) is 17.4 Å². The van der Waals surface area contributed by atoms with Crippen molar-refractivity contribution in [2.75, 3.05) is 25.5 Å². The molecule has 2 rings (SSSR count). The van der Waals surface area contributed by atoms with Crippen molar-refractivity contribution in [3.63, 3.8) is 0 Å². The summed E-state index contributed by atoms with van der Waals surface area (Å²) in [5.41, 5.74) is 0.670. The second-order valence-corrected chi connectivity index (χ2v) is 5.55. The molecule has 0 radical (unpaired) electrons. The maximum absolute atomic E-state index is 12.3. The fourth-order valence-electron chi connectivity index (χ4n) is 2.60. The Hall–Kier alpha value is -2.48. The zero-order valence-corrected chi connectivity index (χ0v) is 13.0. The van der Waals surface area contributed by atoms with Crippen LogP contribution in [0.25, 0.3) is 0 Å². The standard InChI is InChI=1S/C17H21N3O2/c1-13-6-5-9-20(11-13)12-14(10-18)17(21)19-15-7-3-4-8-16(15)22-2/h3-4,7-8,12-13H,5-6,9,11H2,1-2H3,(H,19,21)/b14-12-. The molecule has 5 nitrogen and oxygen atoms in total. The van der Waals surface area contributed by atoms with Crippen LogP contribution in [0.2, 0.25) is 0 Å². The summed E-state index contributed by atoms with van der Waals surface area (Å²) < 4.78 is 5.20. The number of para-hydroxylation sites is 2. The number of piperidine rings is 1. The van der Waals surface area contributed by atoms with Crippen LogP contribution in [0.15, 0.2) is 36.0 Å². The molecule has 0 aliphatic carbocycles. The van der Waals surface area contributed by atoms with Crippen molar-refractivity contribution in [1.29, 1.82) is 5.26 Å². The molecule has 1 fully saturated rings. The Kier molecular flexibility index (Phi) is 5.42. The molecule has 116 valence electrons. The van der Waals surface area contributed by atoms with Gasteiger partial charge >= 0.3 is 0 Å². The van der Waals surface area contributed by atoms with E-state index in [4.69, 9.17) is 4.74 Å². The van der Waals surface area contributed by atoms with Crippen LogP contribution in [0.5, 0.6) is 5.75 Å². The van der Waals surface area contributed by atoms with Crippen LogP contribution in [0, 0.1) is 17.2 Å². The van der Waals surface area contributed by atoms with Crippen LogP contribution in [0.4, 0.5) is 5.69 Å².